The molecule has 0 saturated heterocycles. The summed E-state index contributed by atoms with van der Waals surface area (Å²) in [6, 6.07) is 11.3. The first-order valence-electron chi connectivity index (χ1n) is 9.58. The van der Waals surface area contributed by atoms with Crippen molar-refractivity contribution >= 4 is 5.69 Å². The van der Waals surface area contributed by atoms with E-state index in [9.17, 15) is 0 Å². The third kappa shape index (κ3) is 4.40. The highest BCUT2D eigenvalue weighted by atomic mass is 15.3. The first-order valence-corrected chi connectivity index (χ1v) is 9.58. The molecule has 1 aromatic heterocycles. The van der Waals surface area contributed by atoms with Gasteiger partial charge in [0.2, 0.25) is 0 Å². The molecule has 0 bridgehead atoms. The Hall–Kier alpha value is -2.58. The molecule has 0 amide bonds. The molecule has 3 rings (SSSR count). The Morgan fingerprint density at radius 3 is 2.63 bits per heavy atom. The number of nitrogens with zero attached hydrogens (tertiary/aromatic N) is 4. The van der Waals surface area contributed by atoms with Crippen LogP contribution in [0.1, 0.15) is 41.3 Å². The van der Waals surface area contributed by atoms with Gasteiger partial charge in [0.15, 0.2) is 0 Å². The highest BCUT2D eigenvalue weighted by molar-refractivity contribution is 5.46. The van der Waals surface area contributed by atoms with Crippen molar-refractivity contribution in [1.82, 2.24) is 15.1 Å². The summed E-state index contributed by atoms with van der Waals surface area (Å²) in [6.45, 7) is 5.73. The van der Waals surface area contributed by atoms with Gasteiger partial charge >= 0.3 is 0 Å². The van der Waals surface area contributed by atoms with E-state index < -0.39 is 0 Å². The van der Waals surface area contributed by atoms with E-state index >= 15 is 0 Å². The average Bonchev–Trinajstić information content (AvgIpc) is 3.22. The van der Waals surface area contributed by atoms with E-state index in [1.54, 1.807) is 0 Å². The van der Waals surface area contributed by atoms with Gasteiger partial charge in [0.05, 0.1) is 24.7 Å². The normalized spacial score (nSPS) is 18.6. The van der Waals surface area contributed by atoms with Crippen LogP contribution in [0.2, 0.25) is 0 Å². The van der Waals surface area contributed by atoms with Gasteiger partial charge in [-0.05, 0) is 38.0 Å². The lowest BCUT2D eigenvalue weighted by Gasteiger charge is -2.16. The SMILES string of the molecule is Cc1nn(CCC#N)c(C)c1[C@H]1C=C[C@@H](NCc2ccc(N(C)C)cc2)C1. The van der Waals surface area contributed by atoms with Crippen molar-refractivity contribution in [2.24, 2.45) is 0 Å². The van der Waals surface area contributed by atoms with Crippen LogP contribution >= 0.6 is 0 Å². The topological polar surface area (TPSA) is 56.9 Å². The van der Waals surface area contributed by atoms with Gasteiger partial charge in [-0.3, -0.25) is 4.68 Å². The van der Waals surface area contributed by atoms with Crippen LogP contribution in [0.25, 0.3) is 0 Å². The van der Waals surface area contributed by atoms with Gasteiger partial charge in [0.1, 0.15) is 0 Å². The van der Waals surface area contributed by atoms with E-state index in [-0.39, 0.29) is 0 Å². The number of aromatic nitrogens is 2. The number of hydrogen-bond acceptors (Lipinski definition) is 4. The second-order valence-electron chi connectivity index (χ2n) is 7.49. The third-order valence-electron chi connectivity index (χ3n) is 5.35. The minimum atomic E-state index is 0.379. The fraction of sp³-hybridized carbons (Fsp3) is 0.455. The number of nitrogens with one attached hydrogen (secondary N) is 1. The van der Waals surface area contributed by atoms with Gasteiger partial charge in [-0.15, -0.1) is 0 Å². The van der Waals surface area contributed by atoms with E-state index in [0.717, 1.165) is 18.7 Å². The van der Waals surface area contributed by atoms with Crippen LogP contribution in [-0.4, -0.2) is 29.9 Å². The fourth-order valence-corrected chi connectivity index (χ4v) is 3.85. The molecule has 0 fully saturated rings. The molecule has 0 spiro atoms. The third-order valence-corrected chi connectivity index (χ3v) is 5.35. The molecule has 5 nitrogen and oxygen atoms in total. The van der Waals surface area contributed by atoms with Gasteiger partial charge in [0.25, 0.3) is 0 Å². The Labute approximate surface area is 162 Å². The van der Waals surface area contributed by atoms with Crippen molar-refractivity contribution in [3.05, 3.63) is 58.9 Å². The van der Waals surface area contributed by atoms with Crippen molar-refractivity contribution in [1.29, 1.82) is 5.26 Å². The van der Waals surface area contributed by atoms with E-state index in [1.165, 1.54) is 22.5 Å². The van der Waals surface area contributed by atoms with E-state index in [4.69, 9.17) is 5.26 Å². The Balaban J connectivity index is 1.58. The lowest BCUT2D eigenvalue weighted by atomic mass is 9.96. The van der Waals surface area contributed by atoms with Crippen LogP contribution in [0.15, 0.2) is 36.4 Å². The molecule has 1 aliphatic carbocycles. The summed E-state index contributed by atoms with van der Waals surface area (Å²) in [5.41, 5.74) is 6.12. The lowest BCUT2D eigenvalue weighted by Crippen LogP contribution is -2.25. The maximum absolute atomic E-state index is 8.82. The molecule has 27 heavy (non-hydrogen) atoms. The molecule has 1 heterocycles. The monoisotopic (exact) mass is 363 g/mol. The number of rotatable bonds is 7. The summed E-state index contributed by atoms with van der Waals surface area (Å²) in [5, 5.41) is 17.1. The smallest absolute Gasteiger partial charge is 0.0641 e. The van der Waals surface area contributed by atoms with Gasteiger partial charge < -0.3 is 10.2 Å². The van der Waals surface area contributed by atoms with Crippen LogP contribution in [0, 0.1) is 25.2 Å². The van der Waals surface area contributed by atoms with E-state index in [0.29, 0.717) is 24.9 Å². The highest BCUT2D eigenvalue weighted by Crippen LogP contribution is 2.33. The Kier molecular flexibility index (Phi) is 5.98. The number of allylic oxidation sites excluding steroid dienone is 1. The van der Waals surface area contributed by atoms with Crippen LogP contribution in [0.4, 0.5) is 5.69 Å². The zero-order valence-corrected chi connectivity index (χ0v) is 16.7. The van der Waals surface area contributed by atoms with Crippen LogP contribution < -0.4 is 10.2 Å². The van der Waals surface area contributed by atoms with Gasteiger partial charge in [-0.2, -0.15) is 10.4 Å². The second kappa shape index (κ2) is 8.41. The summed E-state index contributed by atoms with van der Waals surface area (Å²) in [6.07, 6.45) is 6.14. The first kappa shape index (κ1) is 19.2. The van der Waals surface area contributed by atoms with Crippen molar-refractivity contribution < 1.29 is 0 Å². The largest absolute Gasteiger partial charge is 0.378 e. The first-order chi connectivity index (χ1) is 13.0. The van der Waals surface area contributed by atoms with Gasteiger partial charge in [0, 0.05) is 49.5 Å². The molecule has 1 aliphatic rings. The molecule has 1 N–H and O–H groups in total. The zero-order chi connectivity index (χ0) is 19.4. The average molecular weight is 364 g/mol. The predicted octanol–water partition coefficient (Wildman–Crippen LogP) is 3.68. The molecule has 5 heteroatoms. The summed E-state index contributed by atoms with van der Waals surface area (Å²) >= 11 is 0. The molecular weight excluding hydrogens is 334 g/mol. The highest BCUT2D eigenvalue weighted by Gasteiger charge is 2.25. The van der Waals surface area contributed by atoms with Crippen molar-refractivity contribution in [3.63, 3.8) is 0 Å². The Morgan fingerprint density at radius 1 is 1.22 bits per heavy atom. The summed E-state index contributed by atoms with van der Waals surface area (Å²) in [5.74, 6) is 0.398. The quantitative estimate of drug-likeness (QED) is 0.763. The van der Waals surface area contributed by atoms with Crippen molar-refractivity contribution in [2.45, 2.75) is 51.7 Å². The molecule has 142 valence electrons. The van der Waals surface area contributed by atoms with Crippen molar-refractivity contribution in [2.75, 3.05) is 19.0 Å². The van der Waals surface area contributed by atoms with Crippen LogP contribution in [0.5, 0.6) is 0 Å². The Morgan fingerprint density at radius 2 is 1.96 bits per heavy atom. The molecule has 0 radical (unpaired) electrons. The number of nitriles is 1. The number of anilines is 1. The number of aryl methyl sites for hydroxylation is 2. The maximum atomic E-state index is 8.82. The maximum Gasteiger partial charge on any atom is 0.0641 e. The van der Waals surface area contributed by atoms with Crippen molar-refractivity contribution in [3.8, 4) is 6.07 Å². The van der Waals surface area contributed by atoms with E-state index in [2.05, 4.69) is 85.7 Å². The zero-order valence-electron chi connectivity index (χ0n) is 16.7. The molecule has 1 aromatic carbocycles. The molecular formula is C22H29N5. The summed E-state index contributed by atoms with van der Waals surface area (Å²) in [7, 11) is 4.12. The summed E-state index contributed by atoms with van der Waals surface area (Å²) in [4.78, 5) is 2.11. The van der Waals surface area contributed by atoms with Crippen LogP contribution in [-0.2, 0) is 13.1 Å². The minimum Gasteiger partial charge on any atom is -0.378 e. The van der Waals surface area contributed by atoms with Gasteiger partial charge in [-0.1, -0.05) is 24.3 Å². The summed E-state index contributed by atoms with van der Waals surface area (Å²) < 4.78 is 1.98. The standard InChI is InChI=1S/C22H29N5/c1-16-22(17(2)27(25-16)13-5-12-23)19-8-9-20(14-19)24-15-18-6-10-21(11-7-18)26(3)4/h6-11,19-20,24H,5,13-15H2,1-4H3/t19-,20+/m0/s1. The van der Waals surface area contributed by atoms with E-state index in [1.807, 2.05) is 4.68 Å². The predicted molar refractivity (Wildman–Crippen MR) is 110 cm³/mol. The molecule has 0 saturated carbocycles. The number of benzene rings is 1. The molecule has 0 unspecified atom stereocenters. The second-order valence-corrected chi connectivity index (χ2v) is 7.49. The number of hydrogen-bond donors (Lipinski definition) is 1. The lowest BCUT2D eigenvalue weighted by molar-refractivity contribution is 0.557. The minimum absolute atomic E-state index is 0.379. The molecule has 2 atom stereocenters. The Bertz CT molecular complexity index is 839. The fourth-order valence-electron chi connectivity index (χ4n) is 3.85. The molecule has 0 aliphatic heterocycles. The van der Waals surface area contributed by atoms with Gasteiger partial charge in [-0.25, -0.2) is 0 Å². The van der Waals surface area contributed by atoms with Crippen LogP contribution in [0.3, 0.4) is 0 Å². The molecule has 2 aromatic rings.